The lowest BCUT2D eigenvalue weighted by atomic mass is 9.91. The summed E-state index contributed by atoms with van der Waals surface area (Å²) in [5.41, 5.74) is 1.04. The summed E-state index contributed by atoms with van der Waals surface area (Å²) in [6.07, 6.45) is 0.915. The Kier molecular flexibility index (Phi) is 4.13. The van der Waals surface area contributed by atoms with E-state index in [4.69, 9.17) is 4.74 Å². The molecule has 0 aliphatic rings. The van der Waals surface area contributed by atoms with Crippen LogP contribution in [0, 0.1) is 17.7 Å². The highest BCUT2D eigenvalue weighted by molar-refractivity contribution is 5.29. The molecule has 0 saturated heterocycles. The van der Waals surface area contributed by atoms with E-state index in [0.29, 0.717) is 17.6 Å². The van der Waals surface area contributed by atoms with Crippen LogP contribution in [0.2, 0.25) is 0 Å². The molecule has 0 amide bonds. The normalized spacial score (nSPS) is 12.9. The third-order valence-electron chi connectivity index (χ3n) is 2.91. The van der Waals surface area contributed by atoms with E-state index in [1.807, 2.05) is 6.07 Å². The lowest BCUT2D eigenvalue weighted by Gasteiger charge is -2.15. The van der Waals surface area contributed by atoms with Crippen LogP contribution in [0.25, 0.3) is 0 Å². The Morgan fingerprint density at radius 1 is 1.27 bits per heavy atom. The van der Waals surface area contributed by atoms with Gasteiger partial charge in [-0.05, 0) is 36.0 Å². The summed E-state index contributed by atoms with van der Waals surface area (Å²) in [6.45, 7) is 6.56. The van der Waals surface area contributed by atoms with E-state index >= 15 is 0 Å². The van der Waals surface area contributed by atoms with Gasteiger partial charge in [-0.2, -0.15) is 0 Å². The van der Waals surface area contributed by atoms with Crippen molar-refractivity contribution >= 4 is 0 Å². The van der Waals surface area contributed by atoms with Crippen LogP contribution in [0.3, 0.4) is 0 Å². The van der Waals surface area contributed by atoms with Crippen molar-refractivity contribution in [1.82, 2.24) is 0 Å². The Bertz CT molecular complexity index is 320. The molecule has 0 aromatic heterocycles. The van der Waals surface area contributed by atoms with Crippen LogP contribution in [0.4, 0.5) is 4.39 Å². The number of benzene rings is 1. The molecule has 0 aliphatic carbocycles. The minimum absolute atomic E-state index is 0.272. The summed E-state index contributed by atoms with van der Waals surface area (Å²) < 4.78 is 18.3. The van der Waals surface area contributed by atoms with Crippen molar-refractivity contribution in [3.63, 3.8) is 0 Å². The molecule has 0 N–H and O–H groups in total. The maximum absolute atomic E-state index is 13.4. The van der Waals surface area contributed by atoms with Gasteiger partial charge in [0, 0.05) is 0 Å². The highest BCUT2D eigenvalue weighted by Gasteiger charge is 2.10. The monoisotopic (exact) mass is 210 g/mol. The van der Waals surface area contributed by atoms with Crippen molar-refractivity contribution in [3.8, 4) is 5.75 Å². The average molecular weight is 210 g/mol. The maximum atomic E-state index is 13.4. The van der Waals surface area contributed by atoms with Gasteiger partial charge in [-0.1, -0.05) is 26.8 Å². The van der Waals surface area contributed by atoms with Crippen LogP contribution in [0.15, 0.2) is 18.2 Å². The SMILES string of the molecule is COc1ccc(CC(C)C(C)C)cc1F. The van der Waals surface area contributed by atoms with E-state index in [1.165, 1.54) is 7.11 Å². The third kappa shape index (κ3) is 3.22. The molecule has 1 rings (SSSR count). The molecule has 1 atom stereocenters. The standard InChI is InChI=1S/C13H19FO/c1-9(2)10(3)7-11-5-6-13(15-4)12(14)8-11/h5-6,8-10H,7H2,1-4H3. The number of halogens is 1. The third-order valence-corrected chi connectivity index (χ3v) is 2.91. The fraction of sp³-hybridized carbons (Fsp3) is 0.538. The van der Waals surface area contributed by atoms with E-state index in [-0.39, 0.29) is 5.82 Å². The summed E-state index contributed by atoms with van der Waals surface area (Å²) in [5, 5.41) is 0. The molecular formula is C13H19FO. The minimum atomic E-state index is -0.272. The van der Waals surface area contributed by atoms with Gasteiger partial charge in [0.05, 0.1) is 7.11 Å². The summed E-state index contributed by atoms with van der Waals surface area (Å²) >= 11 is 0. The highest BCUT2D eigenvalue weighted by atomic mass is 19.1. The second-order valence-corrected chi connectivity index (χ2v) is 4.39. The van der Waals surface area contributed by atoms with Crippen LogP contribution >= 0.6 is 0 Å². The van der Waals surface area contributed by atoms with Crippen LogP contribution in [0.1, 0.15) is 26.3 Å². The van der Waals surface area contributed by atoms with Gasteiger partial charge < -0.3 is 4.74 Å². The lowest BCUT2D eigenvalue weighted by molar-refractivity contribution is 0.384. The van der Waals surface area contributed by atoms with Crippen LogP contribution in [-0.2, 0) is 6.42 Å². The van der Waals surface area contributed by atoms with E-state index < -0.39 is 0 Å². The number of hydrogen-bond donors (Lipinski definition) is 0. The van der Waals surface area contributed by atoms with Crippen molar-refractivity contribution in [2.45, 2.75) is 27.2 Å². The second-order valence-electron chi connectivity index (χ2n) is 4.39. The molecule has 1 nitrogen and oxygen atoms in total. The first kappa shape index (κ1) is 12.0. The van der Waals surface area contributed by atoms with Crippen molar-refractivity contribution in [2.24, 2.45) is 11.8 Å². The maximum Gasteiger partial charge on any atom is 0.165 e. The Labute approximate surface area is 91.3 Å². The summed E-state index contributed by atoms with van der Waals surface area (Å²) in [7, 11) is 1.48. The molecule has 0 heterocycles. The fourth-order valence-corrected chi connectivity index (χ4v) is 1.44. The topological polar surface area (TPSA) is 9.23 Å². The van der Waals surface area contributed by atoms with E-state index in [0.717, 1.165) is 12.0 Å². The van der Waals surface area contributed by atoms with Gasteiger partial charge in [-0.25, -0.2) is 4.39 Å². The molecule has 84 valence electrons. The molecule has 0 bridgehead atoms. The molecule has 1 aromatic carbocycles. The summed E-state index contributed by atoms with van der Waals surface area (Å²) in [5.74, 6) is 1.23. The van der Waals surface area contributed by atoms with Gasteiger partial charge >= 0.3 is 0 Å². The summed E-state index contributed by atoms with van der Waals surface area (Å²) in [6, 6.07) is 5.19. The van der Waals surface area contributed by atoms with E-state index in [1.54, 1.807) is 12.1 Å². The quantitative estimate of drug-likeness (QED) is 0.736. The molecule has 1 unspecified atom stereocenters. The average Bonchev–Trinajstić information content (AvgIpc) is 2.18. The van der Waals surface area contributed by atoms with Crippen LogP contribution in [0.5, 0.6) is 5.75 Å². The zero-order chi connectivity index (χ0) is 11.4. The van der Waals surface area contributed by atoms with Crippen molar-refractivity contribution in [3.05, 3.63) is 29.6 Å². The number of methoxy groups -OCH3 is 1. The first-order chi connectivity index (χ1) is 7.04. The Hall–Kier alpha value is -1.05. The number of ether oxygens (including phenoxy) is 1. The molecule has 0 saturated carbocycles. The van der Waals surface area contributed by atoms with Gasteiger partial charge in [0.2, 0.25) is 0 Å². The van der Waals surface area contributed by atoms with Gasteiger partial charge in [0.1, 0.15) is 0 Å². The number of rotatable bonds is 4. The second kappa shape index (κ2) is 5.15. The predicted octanol–water partition coefficient (Wildman–Crippen LogP) is 3.67. The molecule has 0 fully saturated rings. The lowest BCUT2D eigenvalue weighted by Crippen LogP contribution is -2.07. The molecule has 2 heteroatoms. The number of hydrogen-bond acceptors (Lipinski definition) is 1. The molecule has 0 aliphatic heterocycles. The van der Waals surface area contributed by atoms with Crippen LogP contribution in [-0.4, -0.2) is 7.11 Å². The van der Waals surface area contributed by atoms with Crippen molar-refractivity contribution in [1.29, 1.82) is 0 Å². The van der Waals surface area contributed by atoms with E-state index in [9.17, 15) is 4.39 Å². The highest BCUT2D eigenvalue weighted by Crippen LogP contribution is 2.21. The van der Waals surface area contributed by atoms with Gasteiger partial charge in [0.25, 0.3) is 0 Å². The Balaban J connectivity index is 2.75. The smallest absolute Gasteiger partial charge is 0.165 e. The molecule has 15 heavy (non-hydrogen) atoms. The summed E-state index contributed by atoms with van der Waals surface area (Å²) in [4.78, 5) is 0. The van der Waals surface area contributed by atoms with Crippen molar-refractivity contribution < 1.29 is 9.13 Å². The van der Waals surface area contributed by atoms with Crippen LogP contribution < -0.4 is 4.74 Å². The zero-order valence-electron chi connectivity index (χ0n) is 9.88. The zero-order valence-corrected chi connectivity index (χ0v) is 9.88. The van der Waals surface area contributed by atoms with Gasteiger partial charge in [0.15, 0.2) is 11.6 Å². The van der Waals surface area contributed by atoms with Gasteiger partial charge in [-0.15, -0.1) is 0 Å². The Morgan fingerprint density at radius 3 is 2.40 bits per heavy atom. The first-order valence-corrected chi connectivity index (χ1v) is 5.37. The molecule has 0 spiro atoms. The predicted molar refractivity (Wildman–Crippen MR) is 60.7 cm³/mol. The fourth-order valence-electron chi connectivity index (χ4n) is 1.44. The molecular weight excluding hydrogens is 191 g/mol. The minimum Gasteiger partial charge on any atom is -0.494 e. The van der Waals surface area contributed by atoms with Crippen molar-refractivity contribution in [2.75, 3.05) is 7.11 Å². The van der Waals surface area contributed by atoms with E-state index in [2.05, 4.69) is 20.8 Å². The Morgan fingerprint density at radius 2 is 1.93 bits per heavy atom. The molecule has 0 radical (unpaired) electrons. The molecule has 1 aromatic rings. The van der Waals surface area contributed by atoms with Gasteiger partial charge in [-0.3, -0.25) is 0 Å². The largest absolute Gasteiger partial charge is 0.494 e. The first-order valence-electron chi connectivity index (χ1n) is 5.37.